The van der Waals surface area contributed by atoms with Gasteiger partial charge in [0.15, 0.2) is 11.6 Å². The van der Waals surface area contributed by atoms with E-state index in [0.717, 1.165) is 28.4 Å². The van der Waals surface area contributed by atoms with Gasteiger partial charge in [-0.3, -0.25) is 4.79 Å². The van der Waals surface area contributed by atoms with Gasteiger partial charge in [0, 0.05) is 58.2 Å². The number of carbonyl (C=O) groups excluding carboxylic acids is 1. The highest BCUT2D eigenvalue weighted by Crippen LogP contribution is 2.46. The van der Waals surface area contributed by atoms with E-state index in [0.29, 0.717) is 59.8 Å². The second-order valence-corrected chi connectivity index (χ2v) is 11.4. The lowest BCUT2D eigenvalue weighted by atomic mass is 9.81. The quantitative estimate of drug-likeness (QED) is 0.269. The molecule has 1 N–H and O–H groups in total. The summed E-state index contributed by atoms with van der Waals surface area (Å²) in [6.45, 7) is 1.86. The van der Waals surface area contributed by atoms with E-state index in [1.165, 1.54) is 0 Å². The number of aliphatic hydroxyl groups excluding tert-OH is 1. The number of ether oxygens (including phenoxy) is 2. The third kappa shape index (κ3) is 5.97. The molecule has 6 nitrogen and oxygen atoms in total. The zero-order valence-electron chi connectivity index (χ0n) is 21.3. The Hall–Kier alpha value is -2.58. The highest BCUT2D eigenvalue weighted by Gasteiger charge is 2.55. The van der Waals surface area contributed by atoms with Crippen molar-refractivity contribution in [3.8, 4) is 5.75 Å². The van der Waals surface area contributed by atoms with Gasteiger partial charge in [-0.05, 0) is 60.9 Å². The number of benzene rings is 3. The van der Waals surface area contributed by atoms with Gasteiger partial charge in [0.25, 0.3) is 5.91 Å². The molecule has 0 aliphatic carbocycles. The van der Waals surface area contributed by atoms with Gasteiger partial charge >= 0.3 is 0 Å². The van der Waals surface area contributed by atoms with Crippen LogP contribution in [0.1, 0.15) is 42.1 Å². The van der Waals surface area contributed by atoms with Crippen molar-refractivity contribution < 1.29 is 19.4 Å². The molecule has 1 saturated heterocycles. The van der Waals surface area contributed by atoms with E-state index in [9.17, 15) is 4.79 Å². The predicted octanol–water partition coefficient (Wildman–Crippen LogP) is 6.64. The third-order valence-corrected chi connectivity index (χ3v) is 8.40. The van der Waals surface area contributed by atoms with Gasteiger partial charge in [-0.2, -0.15) is 0 Å². The van der Waals surface area contributed by atoms with E-state index < -0.39 is 11.6 Å². The van der Waals surface area contributed by atoms with Crippen molar-refractivity contribution in [1.82, 2.24) is 4.90 Å². The molecule has 0 spiro atoms. The van der Waals surface area contributed by atoms with Crippen molar-refractivity contribution in [3.05, 3.63) is 97.9 Å². The summed E-state index contributed by atoms with van der Waals surface area (Å²) in [6, 6.07) is 20.5. The minimum atomic E-state index is -1.28. The number of likely N-dealkylation sites (tertiary alicyclic amines) is 1. The topological polar surface area (TPSA) is 71.4 Å². The van der Waals surface area contributed by atoms with Gasteiger partial charge in [0.05, 0.1) is 6.61 Å². The van der Waals surface area contributed by atoms with E-state index in [1.807, 2.05) is 59.5 Å². The van der Waals surface area contributed by atoms with Gasteiger partial charge in [-0.25, -0.2) is 4.99 Å². The summed E-state index contributed by atoms with van der Waals surface area (Å²) in [5.74, 6) is 0.967. The van der Waals surface area contributed by atoms with E-state index in [-0.39, 0.29) is 12.5 Å². The molecular weight excluding hydrogens is 603 g/mol. The largest absolute Gasteiger partial charge is 0.494 e. The molecule has 3 aromatic rings. The van der Waals surface area contributed by atoms with Crippen molar-refractivity contribution in [2.75, 3.05) is 26.3 Å². The Kier molecular flexibility index (Phi) is 8.82. The molecule has 2 heterocycles. The molecule has 3 aromatic carbocycles. The maximum absolute atomic E-state index is 14.4. The molecule has 2 aliphatic rings. The van der Waals surface area contributed by atoms with Crippen LogP contribution in [0.2, 0.25) is 10.0 Å². The molecule has 2 atom stereocenters. The Morgan fingerprint density at radius 2 is 1.85 bits per heavy atom. The fourth-order valence-electron chi connectivity index (χ4n) is 5.09. The summed E-state index contributed by atoms with van der Waals surface area (Å²) < 4.78 is 13.2. The maximum atomic E-state index is 14.4. The van der Waals surface area contributed by atoms with Crippen LogP contribution in [0.5, 0.6) is 5.75 Å². The highest BCUT2D eigenvalue weighted by molar-refractivity contribution is 9.10. The fourth-order valence-corrected chi connectivity index (χ4v) is 6.02. The number of hydrogen-bond acceptors (Lipinski definition) is 5. The fraction of sp³-hybridized carbons (Fsp3) is 0.333. The van der Waals surface area contributed by atoms with Crippen LogP contribution in [0, 0.1) is 0 Å². The molecule has 2 aliphatic heterocycles. The number of amides is 1. The summed E-state index contributed by atoms with van der Waals surface area (Å²) >= 11 is 16.6. The lowest BCUT2D eigenvalue weighted by molar-refractivity contribution is -0.138. The second kappa shape index (κ2) is 12.3. The Morgan fingerprint density at radius 3 is 2.54 bits per heavy atom. The van der Waals surface area contributed by atoms with Crippen LogP contribution >= 0.6 is 39.1 Å². The molecule has 0 bridgehead atoms. The van der Waals surface area contributed by atoms with Gasteiger partial charge in [0.2, 0.25) is 5.90 Å². The first-order chi connectivity index (χ1) is 18.9. The molecular formula is C30H29BrCl2N2O4. The van der Waals surface area contributed by atoms with Crippen LogP contribution in [-0.4, -0.2) is 53.7 Å². The molecule has 5 rings (SSSR count). The summed E-state index contributed by atoms with van der Waals surface area (Å²) in [7, 11) is 0. The van der Waals surface area contributed by atoms with Gasteiger partial charge < -0.3 is 19.5 Å². The Balaban J connectivity index is 1.61. The molecule has 1 amide bonds. The number of halogens is 3. The molecule has 204 valence electrons. The number of aliphatic imine (C=N–C) groups is 1. The number of aliphatic hydroxyl groups is 1. The van der Waals surface area contributed by atoms with Crippen LogP contribution in [0.15, 0.2) is 76.2 Å². The smallest absolute Gasteiger partial charge is 0.255 e. The average Bonchev–Trinajstić information content (AvgIpc) is 3.60. The number of carbonyl (C=O) groups is 1. The van der Waals surface area contributed by atoms with Crippen LogP contribution in [0.25, 0.3) is 0 Å². The van der Waals surface area contributed by atoms with Crippen molar-refractivity contribution in [3.63, 3.8) is 0 Å². The summed E-state index contributed by atoms with van der Waals surface area (Å²) in [5.41, 5.74) is 1.05. The minimum absolute atomic E-state index is 0.0715. The number of rotatable bonds is 9. The molecule has 1 fully saturated rings. The number of hydrogen-bond donors (Lipinski definition) is 1. The monoisotopic (exact) mass is 630 g/mol. The SMILES string of the molecule is O=C(N1CCCC1)[C@]1(Cc2ccccc2Br)N=C(c2ccc(OCCCO)cc2)O[C@@H]1c1ccc(Cl)cc1Cl. The summed E-state index contributed by atoms with van der Waals surface area (Å²) in [6.07, 6.45) is 2.02. The Bertz CT molecular complexity index is 1360. The van der Waals surface area contributed by atoms with Crippen LogP contribution in [-0.2, 0) is 16.0 Å². The van der Waals surface area contributed by atoms with Crippen LogP contribution < -0.4 is 4.74 Å². The van der Waals surface area contributed by atoms with Crippen LogP contribution in [0.3, 0.4) is 0 Å². The predicted molar refractivity (Wildman–Crippen MR) is 157 cm³/mol. The molecule has 0 unspecified atom stereocenters. The van der Waals surface area contributed by atoms with Gasteiger partial charge in [-0.15, -0.1) is 0 Å². The second-order valence-electron chi connectivity index (χ2n) is 9.72. The van der Waals surface area contributed by atoms with E-state index >= 15 is 0 Å². The first-order valence-corrected chi connectivity index (χ1v) is 14.5. The molecule has 39 heavy (non-hydrogen) atoms. The van der Waals surface area contributed by atoms with Crippen molar-refractivity contribution >= 4 is 50.9 Å². The first-order valence-electron chi connectivity index (χ1n) is 13.0. The Morgan fingerprint density at radius 1 is 1.10 bits per heavy atom. The van der Waals surface area contributed by atoms with Crippen molar-refractivity contribution in [2.24, 2.45) is 4.99 Å². The van der Waals surface area contributed by atoms with E-state index in [1.54, 1.807) is 12.1 Å². The lowest BCUT2D eigenvalue weighted by Gasteiger charge is -2.34. The number of nitrogens with zero attached hydrogens (tertiary/aromatic N) is 2. The van der Waals surface area contributed by atoms with E-state index in [4.69, 9.17) is 42.8 Å². The standard InChI is InChI=1S/C30H29BrCl2N2O4/c31-25-7-2-1-6-21(25)19-30(29(37)35-14-3-4-15-35)27(24-13-10-22(32)18-26(24)33)39-28(34-30)20-8-11-23(12-9-20)38-17-5-16-36/h1-2,6-13,18,27,36H,3-5,14-17,19H2/t27-,30-/m1/s1. The van der Waals surface area contributed by atoms with Crippen molar-refractivity contribution in [2.45, 2.75) is 37.3 Å². The zero-order valence-corrected chi connectivity index (χ0v) is 24.4. The molecule has 0 radical (unpaired) electrons. The maximum Gasteiger partial charge on any atom is 0.255 e. The minimum Gasteiger partial charge on any atom is -0.494 e. The highest BCUT2D eigenvalue weighted by atomic mass is 79.9. The van der Waals surface area contributed by atoms with Crippen molar-refractivity contribution in [1.29, 1.82) is 0 Å². The molecule has 9 heteroatoms. The first kappa shape index (κ1) is 28.0. The van der Waals surface area contributed by atoms with E-state index in [2.05, 4.69) is 15.9 Å². The van der Waals surface area contributed by atoms with Gasteiger partial charge in [0.1, 0.15) is 5.75 Å². The summed E-state index contributed by atoms with van der Waals surface area (Å²) in [5, 5.41) is 9.94. The Labute approximate surface area is 246 Å². The van der Waals surface area contributed by atoms with Gasteiger partial charge in [-0.1, -0.05) is 63.4 Å². The lowest BCUT2D eigenvalue weighted by Crippen LogP contribution is -2.51. The summed E-state index contributed by atoms with van der Waals surface area (Å²) in [4.78, 5) is 21.4. The zero-order chi connectivity index (χ0) is 27.4. The average molecular weight is 632 g/mol. The third-order valence-electron chi connectivity index (χ3n) is 7.06. The molecule has 0 saturated carbocycles. The normalized spacial score (nSPS) is 20.6. The van der Waals surface area contributed by atoms with Crippen LogP contribution in [0.4, 0.5) is 0 Å². The molecule has 0 aromatic heterocycles.